The normalized spacial score (nSPS) is 21.0. The first kappa shape index (κ1) is 18.5. The third kappa shape index (κ3) is 4.64. The Hall–Kier alpha value is -2.34. The molecule has 0 saturated carbocycles. The molecule has 5 nitrogen and oxygen atoms in total. The minimum atomic E-state index is -0.298. The zero-order chi connectivity index (χ0) is 18.5. The van der Waals surface area contributed by atoms with E-state index in [2.05, 4.69) is 17.5 Å². The molecule has 1 atom stereocenters. The molecule has 6 heteroatoms. The molecule has 0 spiro atoms. The lowest BCUT2D eigenvalue weighted by atomic mass is 10.1. The fraction of sp³-hybridized carbons (Fsp3) is 0.350. The highest BCUT2D eigenvalue weighted by atomic mass is 32.2. The lowest BCUT2D eigenvalue weighted by Crippen LogP contribution is -2.37. The number of benzene rings is 1. The van der Waals surface area contributed by atoms with E-state index < -0.39 is 0 Å². The van der Waals surface area contributed by atoms with Crippen LogP contribution in [0, 0.1) is 12.8 Å². The SMILES string of the molecule is Cc1ccc(/C=C2\SC(=O)N(CCNC(=O)CC3C=CCC3)C2=O)cc1. The van der Waals surface area contributed by atoms with Gasteiger partial charge in [0.25, 0.3) is 11.1 Å². The van der Waals surface area contributed by atoms with E-state index in [1.807, 2.05) is 31.2 Å². The number of rotatable bonds is 6. The van der Waals surface area contributed by atoms with Gasteiger partial charge in [0.15, 0.2) is 0 Å². The second-order valence-electron chi connectivity index (χ2n) is 6.56. The van der Waals surface area contributed by atoms with Crippen LogP contribution in [-0.2, 0) is 9.59 Å². The molecule has 136 valence electrons. The second-order valence-corrected chi connectivity index (χ2v) is 7.56. The summed E-state index contributed by atoms with van der Waals surface area (Å²) in [6.45, 7) is 2.47. The average Bonchev–Trinajstić information content (AvgIpc) is 3.20. The molecular weight excluding hydrogens is 348 g/mol. The van der Waals surface area contributed by atoms with Gasteiger partial charge < -0.3 is 5.32 Å². The van der Waals surface area contributed by atoms with Crippen molar-refractivity contribution in [2.75, 3.05) is 13.1 Å². The number of thioether (sulfide) groups is 1. The van der Waals surface area contributed by atoms with Gasteiger partial charge in [-0.05, 0) is 49.1 Å². The maximum Gasteiger partial charge on any atom is 0.293 e. The number of imide groups is 1. The van der Waals surface area contributed by atoms with Gasteiger partial charge in [0.2, 0.25) is 5.91 Å². The number of nitrogens with one attached hydrogen (secondary N) is 1. The minimum Gasteiger partial charge on any atom is -0.354 e. The molecule has 1 N–H and O–H groups in total. The number of allylic oxidation sites excluding steroid dienone is 2. The minimum absolute atomic E-state index is 0.0382. The summed E-state index contributed by atoms with van der Waals surface area (Å²) in [7, 11) is 0. The van der Waals surface area contributed by atoms with Crippen molar-refractivity contribution in [3.05, 3.63) is 52.4 Å². The molecule has 0 aromatic heterocycles. The smallest absolute Gasteiger partial charge is 0.293 e. The van der Waals surface area contributed by atoms with Gasteiger partial charge in [-0.15, -0.1) is 0 Å². The molecule has 0 bridgehead atoms. The van der Waals surface area contributed by atoms with Gasteiger partial charge in [0.1, 0.15) is 0 Å². The number of hydrogen-bond donors (Lipinski definition) is 1. The van der Waals surface area contributed by atoms with Crippen LogP contribution in [0.2, 0.25) is 0 Å². The van der Waals surface area contributed by atoms with Gasteiger partial charge in [-0.1, -0.05) is 42.0 Å². The zero-order valence-corrected chi connectivity index (χ0v) is 15.6. The van der Waals surface area contributed by atoms with Gasteiger partial charge >= 0.3 is 0 Å². The van der Waals surface area contributed by atoms with Gasteiger partial charge in [0, 0.05) is 19.5 Å². The Morgan fingerprint density at radius 2 is 2.08 bits per heavy atom. The Kier molecular flexibility index (Phi) is 5.93. The van der Waals surface area contributed by atoms with Crippen molar-refractivity contribution in [1.29, 1.82) is 0 Å². The van der Waals surface area contributed by atoms with E-state index >= 15 is 0 Å². The van der Waals surface area contributed by atoms with E-state index in [0.717, 1.165) is 35.7 Å². The molecule has 2 aliphatic rings. The Morgan fingerprint density at radius 3 is 2.77 bits per heavy atom. The van der Waals surface area contributed by atoms with Crippen molar-refractivity contribution in [3.8, 4) is 0 Å². The van der Waals surface area contributed by atoms with Crippen LogP contribution in [0.5, 0.6) is 0 Å². The molecule has 1 fully saturated rings. The summed E-state index contributed by atoms with van der Waals surface area (Å²) in [5, 5.41) is 2.51. The Balaban J connectivity index is 1.51. The maximum atomic E-state index is 12.4. The van der Waals surface area contributed by atoms with Crippen LogP contribution in [0.25, 0.3) is 6.08 Å². The monoisotopic (exact) mass is 370 g/mol. The molecule has 1 heterocycles. The van der Waals surface area contributed by atoms with Crippen LogP contribution in [0.3, 0.4) is 0 Å². The molecule has 1 aliphatic carbocycles. The summed E-state index contributed by atoms with van der Waals surface area (Å²) >= 11 is 0.943. The highest BCUT2D eigenvalue weighted by molar-refractivity contribution is 8.18. The summed E-state index contributed by atoms with van der Waals surface area (Å²) in [6.07, 6.45) is 8.41. The van der Waals surface area contributed by atoms with Crippen LogP contribution in [0.4, 0.5) is 4.79 Å². The highest BCUT2D eigenvalue weighted by Gasteiger charge is 2.34. The molecule has 3 rings (SSSR count). The van der Waals surface area contributed by atoms with E-state index in [1.165, 1.54) is 4.90 Å². The van der Waals surface area contributed by atoms with E-state index in [0.29, 0.717) is 17.2 Å². The van der Waals surface area contributed by atoms with Crippen molar-refractivity contribution >= 4 is 34.9 Å². The quantitative estimate of drug-likeness (QED) is 0.615. The van der Waals surface area contributed by atoms with E-state index in [1.54, 1.807) is 6.08 Å². The first-order valence-electron chi connectivity index (χ1n) is 8.78. The molecule has 1 aromatic rings. The summed E-state index contributed by atoms with van der Waals surface area (Å²) < 4.78 is 0. The van der Waals surface area contributed by atoms with Crippen molar-refractivity contribution in [1.82, 2.24) is 10.2 Å². The number of carbonyl (C=O) groups excluding carboxylic acids is 3. The van der Waals surface area contributed by atoms with Gasteiger partial charge in [-0.3, -0.25) is 19.3 Å². The van der Waals surface area contributed by atoms with Crippen LogP contribution in [0.1, 0.15) is 30.4 Å². The maximum absolute atomic E-state index is 12.4. The zero-order valence-electron chi connectivity index (χ0n) is 14.7. The van der Waals surface area contributed by atoms with Crippen molar-refractivity contribution in [2.24, 2.45) is 5.92 Å². The Bertz CT molecular complexity index is 768. The largest absolute Gasteiger partial charge is 0.354 e. The Labute approximate surface area is 157 Å². The van der Waals surface area contributed by atoms with Gasteiger partial charge in [-0.2, -0.15) is 0 Å². The summed E-state index contributed by atoms with van der Waals surface area (Å²) in [5.41, 5.74) is 2.03. The Morgan fingerprint density at radius 1 is 1.31 bits per heavy atom. The molecule has 1 unspecified atom stereocenters. The summed E-state index contributed by atoms with van der Waals surface area (Å²) in [6, 6.07) is 7.76. The first-order valence-corrected chi connectivity index (χ1v) is 9.60. The van der Waals surface area contributed by atoms with Crippen LogP contribution < -0.4 is 5.32 Å². The summed E-state index contributed by atoms with van der Waals surface area (Å²) in [4.78, 5) is 38.1. The highest BCUT2D eigenvalue weighted by Crippen LogP contribution is 2.31. The number of carbonyl (C=O) groups is 3. The van der Waals surface area contributed by atoms with Crippen LogP contribution >= 0.6 is 11.8 Å². The fourth-order valence-electron chi connectivity index (χ4n) is 2.99. The van der Waals surface area contributed by atoms with E-state index in [9.17, 15) is 14.4 Å². The number of aryl methyl sites for hydroxylation is 1. The first-order chi connectivity index (χ1) is 12.5. The molecule has 1 aliphatic heterocycles. The van der Waals surface area contributed by atoms with Gasteiger partial charge in [0.05, 0.1) is 4.91 Å². The summed E-state index contributed by atoms with van der Waals surface area (Å²) in [5.74, 6) is -0.0260. The lowest BCUT2D eigenvalue weighted by molar-refractivity contribution is -0.124. The molecule has 3 amide bonds. The molecular formula is C20H22N2O3S. The standard InChI is InChI=1S/C20H22N2O3S/c1-14-6-8-16(9-7-14)12-17-19(24)22(20(25)26-17)11-10-21-18(23)13-15-4-2-3-5-15/h2,4,6-9,12,15H,3,5,10-11,13H2,1H3,(H,21,23)/b17-12-. The number of amides is 3. The second kappa shape index (κ2) is 8.36. The topological polar surface area (TPSA) is 66.5 Å². The van der Waals surface area contributed by atoms with Crippen molar-refractivity contribution in [3.63, 3.8) is 0 Å². The molecule has 26 heavy (non-hydrogen) atoms. The van der Waals surface area contributed by atoms with Crippen molar-refractivity contribution < 1.29 is 14.4 Å². The average molecular weight is 370 g/mol. The number of hydrogen-bond acceptors (Lipinski definition) is 4. The third-order valence-corrected chi connectivity index (χ3v) is 5.37. The molecule has 1 aromatic carbocycles. The third-order valence-electron chi connectivity index (χ3n) is 4.47. The van der Waals surface area contributed by atoms with Gasteiger partial charge in [-0.25, -0.2) is 0 Å². The van der Waals surface area contributed by atoms with Crippen LogP contribution in [0.15, 0.2) is 41.3 Å². The van der Waals surface area contributed by atoms with Crippen molar-refractivity contribution in [2.45, 2.75) is 26.2 Å². The fourth-order valence-corrected chi connectivity index (χ4v) is 3.85. The van der Waals surface area contributed by atoms with E-state index in [4.69, 9.17) is 0 Å². The van der Waals surface area contributed by atoms with E-state index in [-0.39, 0.29) is 30.1 Å². The predicted octanol–water partition coefficient (Wildman–Crippen LogP) is 3.50. The predicted molar refractivity (Wildman–Crippen MR) is 103 cm³/mol. The number of nitrogens with zero attached hydrogens (tertiary/aromatic N) is 1. The molecule has 1 saturated heterocycles. The van der Waals surface area contributed by atoms with Crippen LogP contribution in [-0.4, -0.2) is 35.0 Å². The lowest BCUT2D eigenvalue weighted by Gasteiger charge is -2.13. The molecule has 0 radical (unpaired) electrons.